The van der Waals surface area contributed by atoms with Crippen molar-refractivity contribution < 1.29 is 43.1 Å². The first-order valence-electron chi connectivity index (χ1n) is 18.6. The molecule has 2 aromatic heterocycles. The zero-order valence-electron chi connectivity index (χ0n) is 32.4. The predicted octanol–water partition coefficient (Wildman–Crippen LogP) is 4.46. The van der Waals surface area contributed by atoms with Gasteiger partial charge in [-0.2, -0.15) is 0 Å². The Balaban J connectivity index is 1.46. The third-order valence-corrected chi connectivity index (χ3v) is 10.7. The highest BCUT2D eigenvalue weighted by atomic mass is 31.2. The largest absolute Gasteiger partial charge is 0.392 e. The van der Waals surface area contributed by atoms with E-state index in [0.717, 1.165) is 27.8 Å². The van der Waals surface area contributed by atoms with Crippen molar-refractivity contribution in [1.29, 1.82) is 0 Å². The second-order valence-electron chi connectivity index (χ2n) is 13.3. The minimum Gasteiger partial charge on any atom is -0.392 e. The van der Waals surface area contributed by atoms with Gasteiger partial charge in [-0.05, 0) is 27.8 Å². The van der Waals surface area contributed by atoms with Crippen molar-refractivity contribution in [2.75, 3.05) is 45.4 Å². The summed E-state index contributed by atoms with van der Waals surface area (Å²) in [6.45, 7) is 10.3. The second-order valence-corrected chi connectivity index (χ2v) is 14.7. The number of imidazole rings is 1. The topological polar surface area (TPSA) is 193 Å². The van der Waals surface area contributed by atoms with Crippen molar-refractivity contribution in [1.82, 2.24) is 24.8 Å². The molecule has 304 valence electrons. The van der Waals surface area contributed by atoms with Crippen LogP contribution >= 0.6 is 8.38 Å². The van der Waals surface area contributed by atoms with Crippen LogP contribution < -0.4 is 10.6 Å². The highest BCUT2D eigenvalue weighted by Gasteiger charge is 2.50. The fourth-order valence-corrected chi connectivity index (χ4v) is 7.81. The Labute approximate surface area is 337 Å². The number of hydrogen-bond acceptors (Lipinski definition) is 12. The van der Waals surface area contributed by atoms with Crippen molar-refractivity contribution in [3.8, 4) is 0 Å². The molecule has 4 N–H and O–H groups in total. The van der Waals surface area contributed by atoms with Crippen LogP contribution in [0.3, 0.4) is 0 Å². The van der Waals surface area contributed by atoms with Gasteiger partial charge >= 0.3 is 0 Å². The second kappa shape index (κ2) is 20.0. The zero-order chi connectivity index (χ0) is 41.1. The molecule has 17 heteroatoms. The number of carbonyl (C=O) groups is 2. The number of aromatic nitrogens is 4. The highest BCUT2D eigenvalue weighted by molar-refractivity contribution is 7.46. The Hall–Kier alpha value is -5.21. The van der Waals surface area contributed by atoms with Crippen molar-refractivity contribution in [2.24, 2.45) is 0 Å². The Morgan fingerprint density at radius 3 is 2.19 bits per heavy atom. The quantitative estimate of drug-likeness (QED) is 0.0397. The molecule has 16 nitrogen and oxygen atoms in total. The molecule has 0 saturated carbocycles. The minimum absolute atomic E-state index is 0.0129. The van der Waals surface area contributed by atoms with Crippen LogP contribution in [0.2, 0.25) is 0 Å². The number of nitrogens with zero attached hydrogens (tertiary/aromatic N) is 5. The molecule has 1 aliphatic heterocycles. The lowest BCUT2D eigenvalue weighted by Crippen LogP contribution is -2.41. The van der Waals surface area contributed by atoms with Crippen LogP contribution in [0, 0.1) is 6.57 Å². The highest BCUT2D eigenvalue weighted by Crippen LogP contribution is 2.46. The van der Waals surface area contributed by atoms with Crippen LogP contribution in [-0.2, 0) is 51.7 Å². The number of anilines is 1. The van der Waals surface area contributed by atoms with E-state index >= 15 is 0 Å². The summed E-state index contributed by atoms with van der Waals surface area (Å²) in [6, 6.07) is 24.7. The average Bonchev–Trinajstić information content (AvgIpc) is 3.83. The van der Waals surface area contributed by atoms with E-state index in [9.17, 15) is 19.8 Å². The maximum absolute atomic E-state index is 12.4. The maximum Gasteiger partial charge on any atom is 0.238 e. The van der Waals surface area contributed by atoms with Crippen molar-refractivity contribution in [2.45, 2.75) is 56.7 Å². The Bertz CT molecular complexity index is 2120. The summed E-state index contributed by atoms with van der Waals surface area (Å²) in [5, 5.41) is 25.1. The number of benzene rings is 3. The smallest absolute Gasteiger partial charge is 0.238 e. The van der Waals surface area contributed by atoms with Crippen LogP contribution in [0.1, 0.15) is 47.4 Å². The fraction of sp³-hybridized carbons (Fsp3) is 0.366. The first-order valence-corrected chi connectivity index (χ1v) is 20.2. The van der Waals surface area contributed by atoms with Gasteiger partial charge in [-0.15, -0.1) is 0 Å². The number of amides is 2. The van der Waals surface area contributed by atoms with E-state index in [1.165, 1.54) is 19.6 Å². The van der Waals surface area contributed by atoms with Gasteiger partial charge in [0.25, 0.3) is 0 Å². The number of ether oxygens (including phenoxy) is 3. The van der Waals surface area contributed by atoms with Gasteiger partial charge < -0.3 is 48.9 Å². The normalized spacial score (nSPS) is 18.5. The number of nitrogens with one attached hydrogen (secondary N) is 2. The molecule has 3 aromatic carbocycles. The van der Waals surface area contributed by atoms with Crippen LogP contribution in [0.4, 0.5) is 5.82 Å². The van der Waals surface area contributed by atoms with Crippen molar-refractivity contribution in [3.63, 3.8) is 0 Å². The van der Waals surface area contributed by atoms with Gasteiger partial charge in [0.1, 0.15) is 36.8 Å². The Morgan fingerprint density at radius 1 is 0.931 bits per heavy atom. The molecule has 1 saturated heterocycles. The fourth-order valence-electron chi connectivity index (χ4n) is 6.82. The molecule has 5 atom stereocenters. The summed E-state index contributed by atoms with van der Waals surface area (Å²) in [7, 11) is -0.0312. The van der Waals surface area contributed by atoms with Gasteiger partial charge in [0.05, 0.1) is 32.8 Å². The maximum atomic E-state index is 12.4. The van der Waals surface area contributed by atoms with Gasteiger partial charge in [0, 0.05) is 27.1 Å². The molecule has 58 heavy (non-hydrogen) atoms. The molecule has 2 amide bonds. The summed E-state index contributed by atoms with van der Waals surface area (Å²) in [6.07, 6.45) is -0.607. The van der Waals surface area contributed by atoms with Crippen LogP contribution in [0.5, 0.6) is 0 Å². The van der Waals surface area contributed by atoms with Crippen molar-refractivity contribution in [3.05, 3.63) is 131 Å². The molecule has 3 heterocycles. The summed E-state index contributed by atoms with van der Waals surface area (Å²) >= 11 is 0. The molecule has 2 unspecified atom stereocenters. The summed E-state index contributed by atoms with van der Waals surface area (Å²) in [4.78, 5) is 41.0. The summed E-state index contributed by atoms with van der Waals surface area (Å²) in [5.74, 6) is -0.335. The molecule has 0 bridgehead atoms. The molecule has 0 aliphatic carbocycles. The van der Waals surface area contributed by atoms with Gasteiger partial charge in [-0.3, -0.25) is 14.2 Å². The molecule has 6 rings (SSSR count). The van der Waals surface area contributed by atoms with E-state index in [2.05, 4.69) is 30.4 Å². The Morgan fingerprint density at radius 2 is 1.59 bits per heavy atom. The number of aliphatic hydroxyl groups is 2. The van der Waals surface area contributed by atoms with Crippen LogP contribution in [0.15, 0.2) is 91.5 Å². The van der Waals surface area contributed by atoms with E-state index in [1.807, 2.05) is 78.9 Å². The Kier molecular flexibility index (Phi) is 14.6. The SMILES string of the molecule is [C-]#[N+]CCOP(C)O[C@@H]1C(OCCC(=O)NC)[C@H](n2cnc3c(NC(C)=O)ncnc32)O[C@@H]1COC(c1ccccc1)(c1ccc(CO)cc1)c1ccc(CO)cc1. The predicted molar refractivity (Wildman–Crippen MR) is 214 cm³/mol. The molecular weight excluding hydrogens is 765 g/mol. The number of aliphatic hydroxyl groups excluding tert-OH is 2. The minimum atomic E-state index is -1.58. The van der Waals surface area contributed by atoms with Gasteiger partial charge in [0.2, 0.25) is 18.4 Å². The molecule has 5 aromatic rings. The zero-order valence-corrected chi connectivity index (χ0v) is 33.2. The van der Waals surface area contributed by atoms with E-state index in [4.69, 9.17) is 29.8 Å². The van der Waals surface area contributed by atoms with Gasteiger partial charge in [-0.1, -0.05) is 78.9 Å². The first kappa shape index (κ1) is 42.4. The number of fused-ring (bicyclic) bond motifs is 1. The third kappa shape index (κ3) is 9.56. The van der Waals surface area contributed by atoms with E-state index in [-0.39, 0.29) is 63.6 Å². The van der Waals surface area contributed by atoms with Crippen molar-refractivity contribution >= 4 is 37.2 Å². The summed E-state index contributed by atoms with van der Waals surface area (Å²) < 4.78 is 34.9. The number of hydrogen-bond donors (Lipinski definition) is 4. The molecule has 0 radical (unpaired) electrons. The standard InChI is InChI=1S/C41H46N7O9P/c1-27(51)47-38-35-39(45-25-44-38)48(26-46-35)40-37(53-20-18-34(52)43-3)36(57-58(4)55-21-19-42-2)33(56-40)24-54-41(30-8-6-5-7-9-30,31-14-10-28(22-49)11-15-31)32-16-12-29(23-50)13-17-32/h5-17,25-26,33,36-37,40,49-50H,18-24H2,1,3-4H3,(H,43,52)(H,44,45,47,51)/t33-,36+,37?,40-,58?/m1/s1. The molecular formula is C41H46N7O9P. The molecule has 1 fully saturated rings. The lowest BCUT2D eigenvalue weighted by atomic mass is 9.79. The molecule has 0 spiro atoms. The average molecular weight is 812 g/mol. The van der Waals surface area contributed by atoms with Gasteiger partial charge in [0.15, 0.2) is 31.6 Å². The van der Waals surface area contributed by atoms with Crippen LogP contribution in [-0.4, -0.2) is 99.9 Å². The van der Waals surface area contributed by atoms with Gasteiger partial charge in [-0.25, -0.2) is 21.5 Å². The number of rotatable bonds is 19. The lowest BCUT2D eigenvalue weighted by Gasteiger charge is -2.37. The monoisotopic (exact) mass is 811 g/mol. The summed E-state index contributed by atoms with van der Waals surface area (Å²) in [5.41, 5.74) is 3.21. The molecule has 1 aliphatic rings. The number of carbonyl (C=O) groups excluding carboxylic acids is 2. The first-order chi connectivity index (χ1) is 28.2. The van der Waals surface area contributed by atoms with E-state index in [0.29, 0.717) is 11.2 Å². The lowest BCUT2D eigenvalue weighted by molar-refractivity contribution is -0.123. The van der Waals surface area contributed by atoms with Crippen LogP contribution in [0.25, 0.3) is 16.0 Å². The van der Waals surface area contributed by atoms with E-state index < -0.39 is 38.5 Å². The third-order valence-electron chi connectivity index (χ3n) is 9.61. The van der Waals surface area contributed by atoms with E-state index in [1.54, 1.807) is 18.3 Å².